The number of ether oxygens (including phenoxy) is 1. The van der Waals surface area contributed by atoms with Crippen molar-refractivity contribution in [3.63, 3.8) is 0 Å². The molecule has 0 aliphatic carbocycles. The van der Waals surface area contributed by atoms with Gasteiger partial charge in [-0.15, -0.1) is 0 Å². The molecule has 1 saturated heterocycles. The second-order valence-electron chi connectivity index (χ2n) is 6.82. The number of hydrogen-bond acceptors (Lipinski definition) is 3. The van der Waals surface area contributed by atoms with E-state index in [0.29, 0.717) is 12.5 Å². The monoisotopic (exact) mass is 366 g/mol. The highest BCUT2D eigenvalue weighted by atomic mass is 16.5. The van der Waals surface area contributed by atoms with Crippen molar-refractivity contribution in [2.75, 3.05) is 38.2 Å². The topological polar surface area (TPSA) is 48.9 Å². The fraction of sp³-hybridized carbons (Fsp3) is 0.409. The van der Waals surface area contributed by atoms with Gasteiger partial charge in [0.25, 0.3) is 0 Å². The van der Waals surface area contributed by atoms with Crippen molar-refractivity contribution in [2.24, 2.45) is 10.9 Å². The van der Waals surface area contributed by atoms with E-state index in [-0.39, 0.29) is 0 Å². The number of anilines is 1. The second kappa shape index (κ2) is 9.86. The van der Waals surface area contributed by atoms with E-state index in [1.54, 1.807) is 7.11 Å². The van der Waals surface area contributed by atoms with Crippen LogP contribution in [0.4, 0.5) is 5.69 Å². The first-order valence-corrected chi connectivity index (χ1v) is 9.74. The Balaban J connectivity index is 1.54. The van der Waals surface area contributed by atoms with Gasteiger partial charge in [-0.1, -0.05) is 36.4 Å². The summed E-state index contributed by atoms with van der Waals surface area (Å²) in [5.74, 6) is 2.37. The highest BCUT2D eigenvalue weighted by Gasteiger charge is 2.22. The summed E-state index contributed by atoms with van der Waals surface area (Å²) < 4.78 is 5.42. The molecular weight excluding hydrogens is 336 g/mol. The molecule has 0 amide bonds. The summed E-state index contributed by atoms with van der Waals surface area (Å²) >= 11 is 0. The fourth-order valence-electron chi connectivity index (χ4n) is 3.45. The predicted molar refractivity (Wildman–Crippen MR) is 113 cm³/mol. The molecular formula is C22H30N4O. The molecule has 1 atom stereocenters. The van der Waals surface area contributed by atoms with E-state index in [4.69, 9.17) is 9.73 Å². The molecule has 1 aliphatic heterocycles. The molecule has 0 aromatic heterocycles. The van der Waals surface area contributed by atoms with Crippen LogP contribution in [0, 0.1) is 5.92 Å². The molecule has 1 heterocycles. The van der Waals surface area contributed by atoms with Crippen molar-refractivity contribution >= 4 is 11.6 Å². The van der Waals surface area contributed by atoms with Crippen LogP contribution in [0.25, 0.3) is 0 Å². The number of benzene rings is 2. The Bertz CT molecular complexity index is 732. The van der Waals surface area contributed by atoms with Gasteiger partial charge in [-0.2, -0.15) is 0 Å². The Morgan fingerprint density at radius 3 is 2.67 bits per heavy atom. The minimum atomic E-state index is 0.597. The highest BCUT2D eigenvalue weighted by molar-refractivity contribution is 5.79. The zero-order valence-corrected chi connectivity index (χ0v) is 16.3. The summed E-state index contributed by atoms with van der Waals surface area (Å²) in [6.07, 6.45) is 1.20. The lowest BCUT2D eigenvalue weighted by molar-refractivity contribution is 0.410. The maximum absolute atomic E-state index is 5.42. The molecule has 3 rings (SSSR count). The van der Waals surface area contributed by atoms with Gasteiger partial charge in [0, 0.05) is 37.4 Å². The van der Waals surface area contributed by atoms with Crippen LogP contribution in [0.1, 0.15) is 18.9 Å². The molecule has 1 fully saturated rings. The molecule has 2 aromatic carbocycles. The van der Waals surface area contributed by atoms with Crippen molar-refractivity contribution in [1.82, 2.24) is 10.6 Å². The third-order valence-electron chi connectivity index (χ3n) is 4.91. The lowest BCUT2D eigenvalue weighted by Crippen LogP contribution is -2.40. The molecule has 5 nitrogen and oxygen atoms in total. The van der Waals surface area contributed by atoms with E-state index in [1.807, 2.05) is 18.2 Å². The first-order chi connectivity index (χ1) is 13.3. The van der Waals surface area contributed by atoms with Crippen LogP contribution in [-0.4, -0.2) is 39.2 Å². The first-order valence-electron chi connectivity index (χ1n) is 9.74. The summed E-state index contributed by atoms with van der Waals surface area (Å²) in [6, 6.07) is 18.7. The number of hydrogen-bond donors (Lipinski definition) is 2. The number of rotatable bonds is 7. The Morgan fingerprint density at radius 2 is 1.89 bits per heavy atom. The van der Waals surface area contributed by atoms with Crippen LogP contribution >= 0.6 is 0 Å². The van der Waals surface area contributed by atoms with Gasteiger partial charge in [0.15, 0.2) is 5.96 Å². The molecule has 1 aliphatic rings. The van der Waals surface area contributed by atoms with Crippen molar-refractivity contribution in [3.05, 3.63) is 60.2 Å². The number of aliphatic imine (C=N–C) groups is 1. The molecule has 0 saturated carbocycles. The van der Waals surface area contributed by atoms with Crippen molar-refractivity contribution in [3.8, 4) is 5.75 Å². The predicted octanol–water partition coefficient (Wildman–Crippen LogP) is 3.28. The molecule has 0 bridgehead atoms. The molecule has 1 unspecified atom stereocenters. The van der Waals surface area contributed by atoms with Crippen LogP contribution in [0.2, 0.25) is 0 Å². The van der Waals surface area contributed by atoms with Crippen LogP contribution in [0.15, 0.2) is 59.6 Å². The lowest BCUT2D eigenvalue weighted by atomic mass is 10.1. The molecule has 2 aromatic rings. The van der Waals surface area contributed by atoms with Gasteiger partial charge in [-0.25, -0.2) is 4.99 Å². The van der Waals surface area contributed by atoms with Crippen LogP contribution < -0.4 is 20.3 Å². The molecule has 27 heavy (non-hydrogen) atoms. The SMILES string of the molecule is CCNC(=NCc1ccccc1OC)NCC1CCN(c2ccccc2)C1. The normalized spacial score (nSPS) is 17.0. The van der Waals surface area contributed by atoms with Crippen molar-refractivity contribution in [2.45, 2.75) is 19.9 Å². The van der Waals surface area contributed by atoms with Crippen LogP contribution in [0.5, 0.6) is 5.75 Å². The van der Waals surface area contributed by atoms with Crippen molar-refractivity contribution < 1.29 is 4.74 Å². The Morgan fingerprint density at radius 1 is 1.11 bits per heavy atom. The minimum Gasteiger partial charge on any atom is -0.496 e. The van der Waals surface area contributed by atoms with Gasteiger partial charge in [0.05, 0.1) is 13.7 Å². The Hall–Kier alpha value is -2.69. The molecule has 2 N–H and O–H groups in total. The van der Waals surface area contributed by atoms with Gasteiger partial charge in [-0.05, 0) is 37.5 Å². The summed E-state index contributed by atoms with van der Waals surface area (Å²) in [5.41, 5.74) is 2.41. The van der Waals surface area contributed by atoms with Gasteiger partial charge in [0.1, 0.15) is 5.75 Å². The molecule has 5 heteroatoms. The van der Waals surface area contributed by atoms with E-state index in [9.17, 15) is 0 Å². The van der Waals surface area contributed by atoms with Crippen LogP contribution in [-0.2, 0) is 6.54 Å². The number of nitrogens with zero attached hydrogens (tertiary/aromatic N) is 2. The zero-order chi connectivity index (χ0) is 18.9. The maximum atomic E-state index is 5.42. The number of nitrogens with one attached hydrogen (secondary N) is 2. The molecule has 0 spiro atoms. The number of methoxy groups -OCH3 is 1. The van der Waals surface area contributed by atoms with Gasteiger partial charge in [-0.3, -0.25) is 0 Å². The minimum absolute atomic E-state index is 0.597. The van der Waals surface area contributed by atoms with Gasteiger partial charge in [0.2, 0.25) is 0 Å². The Labute approximate surface area is 162 Å². The summed E-state index contributed by atoms with van der Waals surface area (Å²) in [5, 5.41) is 6.86. The Kier molecular flexibility index (Phi) is 6.97. The van der Waals surface area contributed by atoms with E-state index < -0.39 is 0 Å². The summed E-state index contributed by atoms with van der Waals surface area (Å²) in [6.45, 7) is 6.67. The summed E-state index contributed by atoms with van der Waals surface area (Å²) in [4.78, 5) is 7.19. The molecule has 0 radical (unpaired) electrons. The third-order valence-corrected chi connectivity index (χ3v) is 4.91. The molecule has 144 valence electrons. The lowest BCUT2D eigenvalue weighted by Gasteiger charge is -2.19. The van der Waals surface area contributed by atoms with E-state index in [0.717, 1.165) is 43.5 Å². The quantitative estimate of drug-likeness (QED) is 0.583. The van der Waals surface area contributed by atoms with Crippen molar-refractivity contribution in [1.29, 1.82) is 0 Å². The summed E-state index contributed by atoms with van der Waals surface area (Å²) in [7, 11) is 1.70. The third kappa shape index (κ3) is 5.39. The zero-order valence-electron chi connectivity index (χ0n) is 16.3. The van der Waals surface area contributed by atoms with Crippen LogP contribution in [0.3, 0.4) is 0 Å². The van der Waals surface area contributed by atoms with Gasteiger partial charge < -0.3 is 20.3 Å². The highest BCUT2D eigenvalue weighted by Crippen LogP contribution is 2.23. The number of para-hydroxylation sites is 2. The average Bonchev–Trinajstić information content (AvgIpc) is 3.20. The largest absolute Gasteiger partial charge is 0.496 e. The fourth-order valence-corrected chi connectivity index (χ4v) is 3.45. The average molecular weight is 367 g/mol. The van der Waals surface area contributed by atoms with E-state index in [2.05, 4.69) is 58.9 Å². The standard InChI is InChI=1S/C22H30N4O/c1-3-23-22(25-16-19-9-7-8-12-21(19)27-2)24-15-18-13-14-26(17-18)20-10-5-4-6-11-20/h4-12,18H,3,13-17H2,1-2H3,(H2,23,24,25). The van der Waals surface area contributed by atoms with Gasteiger partial charge >= 0.3 is 0 Å². The first kappa shape index (κ1) is 19.1. The second-order valence-corrected chi connectivity index (χ2v) is 6.82. The maximum Gasteiger partial charge on any atom is 0.191 e. The number of guanidine groups is 1. The van der Waals surface area contributed by atoms with E-state index >= 15 is 0 Å². The smallest absolute Gasteiger partial charge is 0.191 e. The van der Waals surface area contributed by atoms with E-state index in [1.165, 1.54) is 12.1 Å².